The molecule has 0 saturated heterocycles. The number of hydrogen-bond acceptors (Lipinski definition) is 3. The molecule has 74 valence electrons. The van der Waals surface area contributed by atoms with Crippen LogP contribution in [0.1, 0.15) is 0 Å². The number of H-pyrrole nitrogens is 1. The van der Waals surface area contributed by atoms with Gasteiger partial charge >= 0.3 is 0 Å². The van der Waals surface area contributed by atoms with Crippen molar-refractivity contribution in [1.82, 2.24) is 19.2 Å². The van der Waals surface area contributed by atoms with Gasteiger partial charge in [-0.2, -0.15) is 0 Å². The van der Waals surface area contributed by atoms with Crippen molar-refractivity contribution in [2.45, 2.75) is 19.6 Å². The number of aromatic nitrogens is 4. The number of nitrogens with zero attached hydrogens (tertiary/aromatic N) is 3. The largest absolute Gasteiger partial charge is 0.344 e. The minimum absolute atomic E-state index is 0.478. The van der Waals surface area contributed by atoms with Crippen LogP contribution >= 0.6 is 0 Å². The number of hydrogen-bond donors (Lipinski definition) is 2. The summed E-state index contributed by atoms with van der Waals surface area (Å²) in [6, 6.07) is 0. The van der Waals surface area contributed by atoms with Crippen LogP contribution in [0.2, 0.25) is 19.6 Å². The normalized spacial score (nSPS) is 12.2. The van der Waals surface area contributed by atoms with Crippen LogP contribution in [-0.4, -0.2) is 27.4 Å². The average molecular weight is 207 g/mol. The molecule has 2 aromatic rings. The Hall–Kier alpha value is -1.43. The van der Waals surface area contributed by atoms with Gasteiger partial charge in [0.15, 0.2) is 13.9 Å². The lowest BCUT2D eigenvalue weighted by atomic mass is 10.5. The fourth-order valence-electron chi connectivity index (χ4n) is 1.36. The van der Waals surface area contributed by atoms with Crippen LogP contribution in [0.5, 0.6) is 0 Å². The Balaban J connectivity index is 2.81. The molecule has 0 aliphatic heterocycles. The first-order valence-electron chi connectivity index (χ1n) is 4.46. The number of imidazole rings is 1. The maximum Gasteiger partial charge on any atom is 0.182 e. The van der Waals surface area contributed by atoms with Gasteiger partial charge < -0.3 is 9.22 Å². The molecule has 0 spiro atoms. The van der Waals surface area contributed by atoms with Crippen LogP contribution in [0.3, 0.4) is 0 Å². The highest BCUT2D eigenvalue weighted by Crippen LogP contribution is 2.04. The molecule has 6 heteroatoms. The van der Waals surface area contributed by atoms with E-state index in [0.29, 0.717) is 11.1 Å². The summed E-state index contributed by atoms with van der Waals surface area (Å²) in [5.74, 6) is 0. The lowest BCUT2D eigenvalue weighted by Crippen LogP contribution is -2.41. The van der Waals surface area contributed by atoms with Gasteiger partial charge in [0.1, 0.15) is 11.0 Å². The zero-order chi connectivity index (χ0) is 10.3. The Kier molecular flexibility index (Phi) is 1.81. The quantitative estimate of drug-likeness (QED) is 0.683. The van der Waals surface area contributed by atoms with Crippen molar-refractivity contribution >= 4 is 19.4 Å². The Labute approximate surface area is 82.4 Å². The molecule has 2 rings (SSSR count). The van der Waals surface area contributed by atoms with Gasteiger partial charge in [0.2, 0.25) is 0 Å². The van der Waals surface area contributed by atoms with E-state index in [9.17, 15) is 0 Å². The third-order valence-corrected chi connectivity index (χ3v) is 3.90. The molecule has 5 nitrogen and oxygen atoms in total. The van der Waals surface area contributed by atoms with Gasteiger partial charge in [-0.3, -0.25) is 5.41 Å². The first kappa shape index (κ1) is 9.13. The van der Waals surface area contributed by atoms with E-state index >= 15 is 0 Å². The predicted molar refractivity (Wildman–Crippen MR) is 56.5 cm³/mol. The van der Waals surface area contributed by atoms with Crippen molar-refractivity contribution in [1.29, 1.82) is 5.41 Å². The Morgan fingerprint density at radius 3 is 2.71 bits per heavy atom. The third kappa shape index (κ3) is 1.27. The van der Waals surface area contributed by atoms with Crippen LogP contribution in [-0.2, 0) is 0 Å². The van der Waals surface area contributed by atoms with Crippen molar-refractivity contribution in [3.05, 3.63) is 18.1 Å². The molecule has 2 N–H and O–H groups in total. The van der Waals surface area contributed by atoms with Gasteiger partial charge in [0, 0.05) is 0 Å². The lowest BCUT2D eigenvalue weighted by Gasteiger charge is -2.19. The van der Waals surface area contributed by atoms with Crippen molar-refractivity contribution in [3.63, 3.8) is 0 Å². The zero-order valence-corrected chi connectivity index (χ0v) is 9.50. The number of aromatic amines is 1. The monoisotopic (exact) mass is 207 g/mol. The molecule has 0 fully saturated rings. The van der Waals surface area contributed by atoms with E-state index in [0.717, 1.165) is 5.52 Å². The molecule has 2 aromatic heterocycles. The molecule has 0 unspecified atom stereocenters. The predicted octanol–water partition coefficient (Wildman–Crippen LogP) is 0.922. The maximum atomic E-state index is 8.00. The Bertz CT molecular complexity index is 518. The highest BCUT2D eigenvalue weighted by atomic mass is 28.3. The molecule has 0 aliphatic carbocycles. The molecule has 0 aliphatic rings. The summed E-state index contributed by atoms with van der Waals surface area (Å²) in [7, 11) is -1.55. The van der Waals surface area contributed by atoms with Crippen LogP contribution in [0.15, 0.2) is 12.7 Å². The standard InChI is InChI=1S/C8H13N5Si/c1-14(2,3)13-5-12-8-6(7(13)9)10-4-11-8/h4-5,9H,1-3H3,(H,10,11). The molecule has 0 aromatic carbocycles. The van der Waals surface area contributed by atoms with Crippen LogP contribution in [0.25, 0.3) is 11.2 Å². The molecule has 0 saturated carbocycles. The summed E-state index contributed by atoms with van der Waals surface area (Å²) in [5.41, 5.74) is 1.81. The first-order valence-corrected chi connectivity index (χ1v) is 7.90. The van der Waals surface area contributed by atoms with E-state index in [4.69, 9.17) is 5.41 Å². The van der Waals surface area contributed by atoms with Crippen LogP contribution < -0.4 is 5.49 Å². The minimum atomic E-state index is -1.55. The third-order valence-electron chi connectivity index (χ3n) is 2.12. The van der Waals surface area contributed by atoms with Crippen molar-refractivity contribution in [3.8, 4) is 0 Å². The maximum absolute atomic E-state index is 8.00. The van der Waals surface area contributed by atoms with Gasteiger partial charge in [-0.15, -0.1) is 0 Å². The van der Waals surface area contributed by atoms with Gasteiger partial charge in [0.05, 0.1) is 12.7 Å². The van der Waals surface area contributed by atoms with Gasteiger partial charge in [0.25, 0.3) is 0 Å². The van der Waals surface area contributed by atoms with E-state index in [2.05, 4.69) is 34.6 Å². The fraction of sp³-hybridized carbons (Fsp3) is 0.375. The number of rotatable bonds is 1. The lowest BCUT2D eigenvalue weighted by molar-refractivity contribution is 0.950. The number of fused-ring (bicyclic) bond motifs is 1. The van der Waals surface area contributed by atoms with E-state index in [1.54, 1.807) is 12.7 Å². The van der Waals surface area contributed by atoms with E-state index < -0.39 is 8.24 Å². The van der Waals surface area contributed by atoms with Gasteiger partial charge in [-0.25, -0.2) is 9.97 Å². The summed E-state index contributed by atoms with van der Waals surface area (Å²) < 4.78 is 1.95. The zero-order valence-electron chi connectivity index (χ0n) is 8.50. The SMILES string of the molecule is C[Si](C)(C)n1cnc2nc[nH]c2c1=N. The second-order valence-electron chi connectivity index (χ2n) is 4.24. The second-order valence-corrected chi connectivity index (χ2v) is 9.06. The molecule has 2 heterocycles. The average Bonchev–Trinajstić information content (AvgIpc) is 2.50. The summed E-state index contributed by atoms with van der Waals surface area (Å²) in [4.78, 5) is 11.2. The first-order chi connectivity index (χ1) is 6.50. The van der Waals surface area contributed by atoms with Crippen molar-refractivity contribution < 1.29 is 0 Å². The molecule has 0 radical (unpaired) electrons. The van der Waals surface area contributed by atoms with Gasteiger partial charge in [-0.05, 0) is 0 Å². The van der Waals surface area contributed by atoms with Crippen LogP contribution in [0, 0.1) is 5.41 Å². The van der Waals surface area contributed by atoms with Crippen LogP contribution in [0.4, 0.5) is 0 Å². The molecule has 14 heavy (non-hydrogen) atoms. The topological polar surface area (TPSA) is 70.3 Å². The minimum Gasteiger partial charge on any atom is -0.344 e. The van der Waals surface area contributed by atoms with Gasteiger partial charge in [-0.1, -0.05) is 19.6 Å². The highest BCUT2D eigenvalue weighted by Gasteiger charge is 2.18. The summed E-state index contributed by atoms with van der Waals surface area (Å²) in [5, 5.41) is 8.00. The molecular formula is C8H13N5Si. The van der Waals surface area contributed by atoms with E-state index in [-0.39, 0.29) is 0 Å². The summed E-state index contributed by atoms with van der Waals surface area (Å²) >= 11 is 0. The Morgan fingerprint density at radius 2 is 2.07 bits per heavy atom. The molecule has 0 bridgehead atoms. The highest BCUT2D eigenvalue weighted by molar-refractivity contribution is 6.74. The summed E-state index contributed by atoms with van der Waals surface area (Å²) in [6.45, 7) is 6.53. The summed E-state index contributed by atoms with van der Waals surface area (Å²) in [6.07, 6.45) is 3.29. The number of nitrogens with one attached hydrogen (secondary N) is 2. The Morgan fingerprint density at radius 1 is 1.36 bits per heavy atom. The molecule has 0 amide bonds. The van der Waals surface area contributed by atoms with Crippen molar-refractivity contribution in [2.75, 3.05) is 0 Å². The second kappa shape index (κ2) is 2.78. The van der Waals surface area contributed by atoms with E-state index in [1.807, 2.05) is 4.23 Å². The van der Waals surface area contributed by atoms with Crippen molar-refractivity contribution in [2.24, 2.45) is 0 Å². The fourth-order valence-corrected chi connectivity index (χ4v) is 2.55. The van der Waals surface area contributed by atoms with E-state index in [1.165, 1.54) is 0 Å². The smallest absolute Gasteiger partial charge is 0.182 e. The molecule has 0 atom stereocenters. The molecular weight excluding hydrogens is 194 g/mol.